The lowest BCUT2D eigenvalue weighted by atomic mass is 10.1. The molecule has 2 heterocycles. The number of aryl methyl sites for hydroxylation is 1. The molecule has 24 heavy (non-hydrogen) atoms. The van der Waals surface area contributed by atoms with Gasteiger partial charge in [-0.1, -0.05) is 12.1 Å². The van der Waals surface area contributed by atoms with Crippen LogP contribution in [0.25, 0.3) is 10.8 Å². The minimum atomic E-state index is 0. The Bertz CT molecular complexity index is 729. The van der Waals surface area contributed by atoms with Crippen molar-refractivity contribution in [1.29, 1.82) is 0 Å². The highest BCUT2D eigenvalue weighted by atomic mass is 35.5. The van der Waals surface area contributed by atoms with Crippen LogP contribution in [0.1, 0.15) is 31.0 Å². The Balaban J connectivity index is 0.00000208. The van der Waals surface area contributed by atoms with Crippen LogP contribution in [-0.4, -0.2) is 42.2 Å². The van der Waals surface area contributed by atoms with Crippen molar-refractivity contribution in [3.05, 3.63) is 45.9 Å². The highest BCUT2D eigenvalue weighted by Gasteiger charge is 2.24. The zero-order valence-electron chi connectivity index (χ0n) is 14.5. The van der Waals surface area contributed by atoms with E-state index in [1.165, 1.54) is 12.8 Å². The van der Waals surface area contributed by atoms with Gasteiger partial charge >= 0.3 is 0 Å². The minimum absolute atomic E-state index is 0. The Morgan fingerprint density at radius 1 is 1.33 bits per heavy atom. The number of fused-ring (bicyclic) bond motifs is 1. The Labute approximate surface area is 149 Å². The van der Waals surface area contributed by atoms with E-state index >= 15 is 0 Å². The summed E-state index contributed by atoms with van der Waals surface area (Å²) in [5.41, 5.74) is 2.21. The third-order valence-electron chi connectivity index (χ3n) is 4.84. The molecule has 1 atom stereocenters. The van der Waals surface area contributed by atoms with Gasteiger partial charge in [-0.3, -0.25) is 9.69 Å². The summed E-state index contributed by atoms with van der Waals surface area (Å²) in [6.07, 6.45) is 3.33. The maximum atomic E-state index is 12.3. The van der Waals surface area contributed by atoms with Gasteiger partial charge in [-0.2, -0.15) is 0 Å². The number of rotatable bonds is 6. The van der Waals surface area contributed by atoms with Crippen LogP contribution in [0.15, 0.2) is 29.1 Å². The molecule has 1 fully saturated rings. The first kappa shape index (κ1) is 19.0. The molecule has 0 spiro atoms. The lowest BCUT2D eigenvalue weighted by Gasteiger charge is -2.24. The zero-order valence-corrected chi connectivity index (χ0v) is 15.3. The molecular weight excluding hydrogens is 324 g/mol. The molecule has 4 nitrogen and oxygen atoms in total. The number of H-pyrrole nitrogens is 1. The fraction of sp³-hybridized carbons (Fsp3) is 0.526. The molecule has 1 aromatic carbocycles. The van der Waals surface area contributed by atoms with Gasteiger partial charge in [0, 0.05) is 36.7 Å². The van der Waals surface area contributed by atoms with Crippen LogP contribution in [0.2, 0.25) is 0 Å². The van der Waals surface area contributed by atoms with E-state index in [4.69, 9.17) is 4.74 Å². The first-order chi connectivity index (χ1) is 11.2. The van der Waals surface area contributed by atoms with Gasteiger partial charge in [0.15, 0.2) is 0 Å². The highest BCUT2D eigenvalue weighted by Crippen LogP contribution is 2.19. The molecule has 1 N–H and O–H groups in total. The zero-order chi connectivity index (χ0) is 16.2. The van der Waals surface area contributed by atoms with Crippen molar-refractivity contribution < 1.29 is 4.74 Å². The smallest absolute Gasteiger partial charge is 0.256 e. The topological polar surface area (TPSA) is 45.3 Å². The van der Waals surface area contributed by atoms with E-state index in [1.807, 2.05) is 19.1 Å². The second kappa shape index (κ2) is 8.65. The number of aromatic amines is 1. The van der Waals surface area contributed by atoms with Crippen LogP contribution in [0, 0.1) is 6.92 Å². The highest BCUT2D eigenvalue weighted by molar-refractivity contribution is 5.85. The molecule has 1 aliphatic heterocycles. The van der Waals surface area contributed by atoms with Crippen molar-refractivity contribution in [2.45, 2.75) is 39.2 Å². The van der Waals surface area contributed by atoms with Gasteiger partial charge in [-0.15, -0.1) is 12.4 Å². The van der Waals surface area contributed by atoms with Crippen molar-refractivity contribution in [3.8, 4) is 0 Å². The maximum absolute atomic E-state index is 12.3. The molecule has 132 valence electrons. The van der Waals surface area contributed by atoms with Gasteiger partial charge in [0.2, 0.25) is 0 Å². The van der Waals surface area contributed by atoms with Crippen molar-refractivity contribution in [2.24, 2.45) is 0 Å². The van der Waals surface area contributed by atoms with E-state index < -0.39 is 0 Å². The summed E-state index contributed by atoms with van der Waals surface area (Å²) in [5, 5.41) is 1.85. The molecule has 0 amide bonds. The normalized spacial score (nSPS) is 18.0. The number of aromatic nitrogens is 1. The van der Waals surface area contributed by atoms with E-state index in [-0.39, 0.29) is 18.0 Å². The number of hydrogen-bond donors (Lipinski definition) is 1. The second-order valence-corrected chi connectivity index (χ2v) is 6.40. The third kappa shape index (κ3) is 4.18. The van der Waals surface area contributed by atoms with Gasteiger partial charge in [0.25, 0.3) is 5.56 Å². The molecule has 5 heteroatoms. The van der Waals surface area contributed by atoms with E-state index in [9.17, 15) is 4.79 Å². The summed E-state index contributed by atoms with van der Waals surface area (Å²) in [6.45, 7) is 7.82. The number of ether oxygens (including phenoxy) is 1. The minimum Gasteiger partial charge on any atom is -0.380 e. The number of benzene rings is 1. The molecule has 1 aromatic heterocycles. The Morgan fingerprint density at radius 3 is 2.96 bits per heavy atom. The van der Waals surface area contributed by atoms with Gasteiger partial charge < -0.3 is 9.72 Å². The number of nitrogens with zero attached hydrogens (tertiary/aromatic N) is 1. The Kier molecular flexibility index (Phi) is 6.84. The second-order valence-electron chi connectivity index (χ2n) is 6.40. The molecule has 1 aliphatic rings. The van der Waals surface area contributed by atoms with E-state index in [1.54, 1.807) is 0 Å². The molecule has 0 saturated carbocycles. The predicted molar refractivity (Wildman–Crippen MR) is 101 cm³/mol. The molecule has 0 radical (unpaired) electrons. The van der Waals surface area contributed by atoms with Crippen molar-refractivity contribution in [3.63, 3.8) is 0 Å². The fourth-order valence-electron chi connectivity index (χ4n) is 3.52. The van der Waals surface area contributed by atoms with Crippen molar-refractivity contribution in [2.75, 3.05) is 26.3 Å². The number of halogens is 1. The molecule has 2 aromatic rings. The van der Waals surface area contributed by atoms with Crippen LogP contribution >= 0.6 is 12.4 Å². The van der Waals surface area contributed by atoms with Gasteiger partial charge in [-0.25, -0.2) is 0 Å². The predicted octanol–water partition coefficient (Wildman–Crippen LogP) is 3.30. The third-order valence-corrected chi connectivity index (χ3v) is 4.84. The summed E-state index contributed by atoms with van der Waals surface area (Å²) in [7, 11) is 0. The fourth-order valence-corrected chi connectivity index (χ4v) is 3.52. The van der Waals surface area contributed by atoms with Gasteiger partial charge in [0.1, 0.15) is 0 Å². The number of hydrogen-bond acceptors (Lipinski definition) is 3. The molecule has 0 bridgehead atoms. The van der Waals surface area contributed by atoms with E-state index in [0.717, 1.165) is 54.8 Å². The molecule has 1 saturated heterocycles. The Morgan fingerprint density at radius 2 is 2.17 bits per heavy atom. The quantitative estimate of drug-likeness (QED) is 0.869. The largest absolute Gasteiger partial charge is 0.380 e. The van der Waals surface area contributed by atoms with Gasteiger partial charge in [-0.05, 0) is 56.3 Å². The van der Waals surface area contributed by atoms with Crippen LogP contribution < -0.4 is 5.56 Å². The lowest BCUT2D eigenvalue weighted by molar-refractivity contribution is 0.0856. The van der Waals surface area contributed by atoms with E-state index in [2.05, 4.69) is 28.9 Å². The molecule has 0 unspecified atom stereocenters. The standard InChI is InChI=1S/C19H26N2O2.ClH/c1-3-23-13-16-7-5-10-21(16)11-9-15-12-18-14(2)6-4-8-17(18)19(22)20-15;/h4,6,8,12,16H,3,5,7,9-11,13H2,1-2H3,(H,20,22);1H/t16-;/m1./s1. The summed E-state index contributed by atoms with van der Waals surface area (Å²) in [4.78, 5) is 17.8. The van der Waals surface area contributed by atoms with Gasteiger partial charge in [0.05, 0.1) is 6.61 Å². The SMILES string of the molecule is CCOC[C@H]1CCCN1CCc1cc2c(C)cccc2c(=O)[nH]1.Cl. The van der Waals surface area contributed by atoms with Crippen LogP contribution in [0.5, 0.6) is 0 Å². The number of pyridine rings is 1. The summed E-state index contributed by atoms with van der Waals surface area (Å²) in [6, 6.07) is 8.56. The molecular formula is C19H27ClN2O2. The summed E-state index contributed by atoms with van der Waals surface area (Å²) >= 11 is 0. The van der Waals surface area contributed by atoms with Crippen molar-refractivity contribution in [1.82, 2.24) is 9.88 Å². The molecule has 3 rings (SSSR count). The Hall–Kier alpha value is -1.36. The average Bonchev–Trinajstić information content (AvgIpc) is 2.99. The molecule has 0 aliphatic carbocycles. The van der Waals surface area contributed by atoms with Crippen molar-refractivity contribution >= 4 is 23.2 Å². The number of nitrogens with one attached hydrogen (secondary N) is 1. The average molecular weight is 351 g/mol. The first-order valence-electron chi connectivity index (χ1n) is 8.62. The summed E-state index contributed by atoms with van der Waals surface area (Å²) < 4.78 is 5.59. The first-order valence-corrected chi connectivity index (χ1v) is 8.62. The van der Waals surface area contributed by atoms with Crippen LogP contribution in [0.3, 0.4) is 0 Å². The van der Waals surface area contributed by atoms with E-state index in [0.29, 0.717) is 6.04 Å². The maximum Gasteiger partial charge on any atom is 0.256 e. The monoisotopic (exact) mass is 350 g/mol. The van der Waals surface area contributed by atoms with Crippen LogP contribution in [-0.2, 0) is 11.2 Å². The lowest BCUT2D eigenvalue weighted by Crippen LogP contribution is -2.35. The van der Waals surface area contributed by atoms with Crippen LogP contribution in [0.4, 0.5) is 0 Å². The summed E-state index contributed by atoms with van der Waals surface area (Å²) in [5.74, 6) is 0. The number of likely N-dealkylation sites (tertiary alicyclic amines) is 1.